The molecule has 0 unspecified atom stereocenters. The van der Waals surface area contributed by atoms with Crippen LogP contribution in [-0.4, -0.2) is 23.9 Å². The van der Waals surface area contributed by atoms with Gasteiger partial charge in [0, 0.05) is 5.02 Å². The highest BCUT2D eigenvalue weighted by Gasteiger charge is 2.34. The van der Waals surface area contributed by atoms with E-state index in [2.05, 4.69) is 0 Å². The molecule has 0 aromatic heterocycles. The molecule has 3 rings (SSSR count). The van der Waals surface area contributed by atoms with Gasteiger partial charge in [0.15, 0.2) is 15.8 Å². The third-order valence-corrected chi connectivity index (χ3v) is 5.57. The van der Waals surface area contributed by atoms with Gasteiger partial charge in [0.05, 0.1) is 29.3 Å². The zero-order valence-corrected chi connectivity index (χ0v) is 17.6. The van der Waals surface area contributed by atoms with Gasteiger partial charge in [-0.25, -0.2) is 0 Å². The minimum Gasteiger partial charge on any atom is -0.493 e. The van der Waals surface area contributed by atoms with Gasteiger partial charge in [0.2, 0.25) is 0 Å². The van der Waals surface area contributed by atoms with Crippen molar-refractivity contribution in [1.82, 2.24) is 0 Å². The number of nitrogens with zero attached hydrogens (tertiary/aromatic N) is 1. The van der Waals surface area contributed by atoms with Crippen molar-refractivity contribution in [3.63, 3.8) is 0 Å². The van der Waals surface area contributed by atoms with Crippen LogP contribution in [0.5, 0.6) is 11.5 Å². The molecule has 1 amide bonds. The second-order valence-corrected chi connectivity index (χ2v) is 7.98. The molecule has 8 heteroatoms. The lowest BCUT2D eigenvalue weighted by molar-refractivity contribution is -0.113. The van der Waals surface area contributed by atoms with Crippen LogP contribution >= 0.6 is 47.2 Å². The first kappa shape index (κ1) is 20.0. The fraction of sp³-hybridized carbons (Fsp3) is 0.158. The number of anilines is 1. The molecule has 0 radical (unpaired) electrons. The van der Waals surface area contributed by atoms with Gasteiger partial charge in [-0.1, -0.05) is 53.2 Å². The molecule has 0 atom stereocenters. The second-order valence-electron chi connectivity index (χ2n) is 5.46. The van der Waals surface area contributed by atoms with Gasteiger partial charge >= 0.3 is 0 Å². The average Bonchev–Trinajstić information content (AvgIpc) is 2.90. The minimum absolute atomic E-state index is 0.233. The van der Waals surface area contributed by atoms with Crippen molar-refractivity contribution < 1.29 is 14.3 Å². The Kier molecular flexibility index (Phi) is 6.32. The number of hydrogen-bond donors (Lipinski definition) is 0. The first-order valence-electron chi connectivity index (χ1n) is 7.98. The summed E-state index contributed by atoms with van der Waals surface area (Å²) in [6.45, 7) is 2.41. The van der Waals surface area contributed by atoms with Crippen molar-refractivity contribution >= 4 is 69.2 Å². The number of amides is 1. The van der Waals surface area contributed by atoms with Crippen LogP contribution in [0.2, 0.25) is 10.0 Å². The maximum absolute atomic E-state index is 12.9. The normalized spacial score (nSPS) is 15.6. The zero-order chi connectivity index (χ0) is 19.6. The van der Waals surface area contributed by atoms with Crippen molar-refractivity contribution in [2.24, 2.45) is 0 Å². The van der Waals surface area contributed by atoms with Crippen molar-refractivity contribution in [3.05, 3.63) is 56.9 Å². The molecule has 27 heavy (non-hydrogen) atoms. The van der Waals surface area contributed by atoms with Gasteiger partial charge in [-0.15, -0.1) is 0 Å². The Hall–Kier alpha value is -1.73. The molecule has 1 heterocycles. The Bertz CT molecular complexity index is 947. The summed E-state index contributed by atoms with van der Waals surface area (Å²) in [5.74, 6) is 1.02. The summed E-state index contributed by atoms with van der Waals surface area (Å²) in [5.41, 5.74) is 1.32. The molecule has 1 saturated heterocycles. The Morgan fingerprint density at radius 3 is 2.63 bits per heavy atom. The fourth-order valence-electron chi connectivity index (χ4n) is 2.54. The summed E-state index contributed by atoms with van der Waals surface area (Å²) in [5, 5.41) is 0.856. The van der Waals surface area contributed by atoms with E-state index in [9.17, 15) is 4.79 Å². The average molecular weight is 440 g/mol. The zero-order valence-electron chi connectivity index (χ0n) is 14.5. The lowest BCUT2D eigenvalue weighted by Crippen LogP contribution is -2.27. The van der Waals surface area contributed by atoms with Crippen LogP contribution in [0.25, 0.3) is 6.08 Å². The molecule has 0 saturated carbocycles. The second kappa shape index (κ2) is 8.52. The van der Waals surface area contributed by atoms with Gasteiger partial charge in [0.25, 0.3) is 5.91 Å². The van der Waals surface area contributed by atoms with Crippen molar-refractivity contribution in [3.8, 4) is 11.5 Å². The Balaban J connectivity index is 1.93. The third kappa shape index (κ3) is 4.24. The van der Waals surface area contributed by atoms with Crippen LogP contribution in [0, 0.1) is 0 Å². The van der Waals surface area contributed by atoms with Crippen molar-refractivity contribution in [2.75, 3.05) is 18.6 Å². The number of ether oxygens (including phenoxy) is 2. The van der Waals surface area contributed by atoms with Gasteiger partial charge in [-0.2, -0.15) is 0 Å². The van der Waals surface area contributed by atoms with Crippen LogP contribution in [0.3, 0.4) is 0 Å². The summed E-state index contributed by atoms with van der Waals surface area (Å²) < 4.78 is 11.3. The molecule has 0 aliphatic carbocycles. The van der Waals surface area contributed by atoms with E-state index in [1.807, 2.05) is 19.1 Å². The smallest absolute Gasteiger partial charge is 0.270 e. The van der Waals surface area contributed by atoms with Crippen LogP contribution in [0.15, 0.2) is 41.3 Å². The molecule has 1 fully saturated rings. The van der Waals surface area contributed by atoms with Crippen molar-refractivity contribution in [2.45, 2.75) is 6.92 Å². The predicted molar refractivity (Wildman–Crippen MR) is 116 cm³/mol. The molecule has 0 N–H and O–H groups in total. The fourth-order valence-corrected chi connectivity index (χ4v) is 4.32. The SMILES string of the molecule is CCOc1cc(/C=C2\SC(=S)N(c3ccc(Cl)cc3Cl)C2=O)ccc1OC. The molecule has 4 nitrogen and oxygen atoms in total. The van der Waals surface area contributed by atoms with Crippen LogP contribution in [0.4, 0.5) is 5.69 Å². The van der Waals surface area contributed by atoms with Crippen LogP contribution in [-0.2, 0) is 4.79 Å². The van der Waals surface area contributed by atoms with E-state index >= 15 is 0 Å². The monoisotopic (exact) mass is 439 g/mol. The minimum atomic E-state index is -0.233. The van der Waals surface area contributed by atoms with E-state index < -0.39 is 0 Å². The van der Waals surface area contributed by atoms with Crippen LogP contribution in [0.1, 0.15) is 12.5 Å². The predicted octanol–water partition coefficient (Wildman–Crippen LogP) is 5.81. The standard InChI is InChI=1S/C19H15Cl2NO3S2/c1-3-25-16-8-11(4-7-15(16)24-2)9-17-18(23)22(19(26)27-17)14-6-5-12(20)10-13(14)21/h4-10H,3H2,1-2H3/b17-9-. The summed E-state index contributed by atoms with van der Waals surface area (Å²) in [6.07, 6.45) is 1.77. The first-order valence-corrected chi connectivity index (χ1v) is 9.96. The number of carbonyl (C=O) groups excluding carboxylic acids is 1. The van der Waals surface area contributed by atoms with Gasteiger partial charge < -0.3 is 9.47 Å². The Morgan fingerprint density at radius 1 is 1.19 bits per heavy atom. The maximum Gasteiger partial charge on any atom is 0.270 e. The maximum atomic E-state index is 12.9. The van der Waals surface area contributed by atoms with Gasteiger partial charge in [-0.3, -0.25) is 9.69 Å². The number of benzene rings is 2. The van der Waals surface area contributed by atoms with Gasteiger partial charge in [-0.05, 0) is 48.9 Å². The molecule has 0 bridgehead atoms. The molecule has 0 spiro atoms. The van der Waals surface area contributed by atoms with E-state index in [-0.39, 0.29) is 5.91 Å². The van der Waals surface area contributed by atoms with Gasteiger partial charge in [0.1, 0.15) is 0 Å². The quantitative estimate of drug-likeness (QED) is 0.434. The highest BCUT2D eigenvalue weighted by Crippen LogP contribution is 2.40. The van der Waals surface area contributed by atoms with E-state index in [1.165, 1.54) is 16.7 Å². The largest absolute Gasteiger partial charge is 0.493 e. The highest BCUT2D eigenvalue weighted by atomic mass is 35.5. The summed E-state index contributed by atoms with van der Waals surface area (Å²) >= 11 is 18.8. The van der Waals surface area contributed by atoms with E-state index in [1.54, 1.807) is 37.5 Å². The Morgan fingerprint density at radius 2 is 1.96 bits per heavy atom. The number of thioether (sulfide) groups is 1. The first-order chi connectivity index (χ1) is 12.9. The van der Waals surface area contributed by atoms with Crippen molar-refractivity contribution in [1.29, 1.82) is 0 Å². The van der Waals surface area contributed by atoms with E-state index in [4.69, 9.17) is 44.9 Å². The highest BCUT2D eigenvalue weighted by molar-refractivity contribution is 8.27. The number of carbonyl (C=O) groups is 1. The Labute approximate surface area is 177 Å². The van der Waals surface area contributed by atoms with E-state index in [0.29, 0.717) is 43.1 Å². The number of hydrogen-bond acceptors (Lipinski definition) is 5. The summed E-state index contributed by atoms with van der Waals surface area (Å²) in [7, 11) is 1.58. The molecular weight excluding hydrogens is 425 g/mol. The third-order valence-electron chi connectivity index (χ3n) is 3.73. The topological polar surface area (TPSA) is 38.8 Å². The lowest BCUT2D eigenvalue weighted by Gasteiger charge is -2.16. The molecule has 140 valence electrons. The van der Waals surface area contributed by atoms with E-state index in [0.717, 1.165) is 5.56 Å². The molecule has 1 aliphatic heterocycles. The molecule has 1 aliphatic rings. The number of halogens is 2. The number of thiocarbonyl (C=S) groups is 1. The lowest BCUT2D eigenvalue weighted by atomic mass is 10.2. The van der Waals surface area contributed by atoms with Crippen LogP contribution < -0.4 is 14.4 Å². The number of methoxy groups -OCH3 is 1. The molecule has 2 aromatic carbocycles. The summed E-state index contributed by atoms with van der Waals surface area (Å²) in [6, 6.07) is 10.4. The number of rotatable bonds is 5. The molecule has 2 aromatic rings. The summed E-state index contributed by atoms with van der Waals surface area (Å²) in [4.78, 5) is 14.8. The molecular formula is C19H15Cl2NO3S2.